The Kier molecular flexibility index (Phi) is 3.66. The van der Waals surface area contributed by atoms with Crippen molar-refractivity contribution in [2.75, 3.05) is 5.33 Å². The van der Waals surface area contributed by atoms with Gasteiger partial charge in [-0.1, -0.05) is 22.0 Å². The topological polar surface area (TPSA) is 89.1 Å². The summed E-state index contributed by atoms with van der Waals surface area (Å²) in [7, 11) is 0. The lowest BCUT2D eigenvalue weighted by molar-refractivity contribution is 0.0174. The number of nitrogens with one attached hydrogen (secondary N) is 2. The summed E-state index contributed by atoms with van der Waals surface area (Å²) in [5, 5.41) is 20.2. The molecule has 0 aliphatic heterocycles. The monoisotopic (exact) mass is 300 g/mol. The molecular weight excluding hydrogens is 288 g/mol. The van der Waals surface area contributed by atoms with E-state index in [1.54, 1.807) is 18.2 Å². The third-order valence-electron chi connectivity index (χ3n) is 2.65. The third-order valence-corrected chi connectivity index (χ3v) is 3.11. The third kappa shape index (κ3) is 2.59. The highest BCUT2D eigenvalue weighted by molar-refractivity contribution is 9.09. The van der Waals surface area contributed by atoms with E-state index in [1.807, 2.05) is 0 Å². The number of aromatic nitrogens is 2. The maximum Gasteiger partial charge on any atom is 0.323 e. The first-order valence-corrected chi connectivity index (χ1v) is 6.38. The highest BCUT2D eigenvalue weighted by Gasteiger charge is 2.18. The molecule has 4 N–H and O–H groups in total. The van der Waals surface area contributed by atoms with Crippen LogP contribution in [0.3, 0.4) is 0 Å². The minimum atomic E-state index is -0.949. The second-order valence-corrected chi connectivity index (χ2v) is 4.67. The van der Waals surface area contributed by atoms with E-state index in [9.17, 15) is 15.0 Å². The summed E-state index contributed by atoms with van der Waals surface area (Å²) in [5.41, 5.74) is 1.60. The standard InChI is InChI=1S/C11H13BrN2O3/c12-4-3-9(15)10(16)6-1-2-7-8(5-6)14-11(17)13-7/h1-2,5,9-10,15-16H,3-4H2,(H2,13,14,17). The van der Waals surface area contributed by atoms with Crippen LogP contribution >= 0.6 is 15.9 Å². The van der Waals surface area contributed by atoms with E-state index in [-0.39, 0.29) is 5.69 Å². The molecule has 1 aromatic carbocycles. The van der Waals surface area contributed by atoms with Crippen molar-refractivity contribution in [3.63, 3.8) is 0 Å². The van der Waals surface area contributed by atoms with Gasteiger partial charge in [0.1, 0.15) is 6.10 Å². The second kappa shape index (κ2) is 5.03. The number of H-pyrrole nitrogens is 2. The van der Waals surface area contributed by atoms with Gasteiger partial charge in [-0.3, -0.25) is 0 Å². The molecule has 2 aromatic rings. The van der Waals surface area contributed by atoms with Crippen LogP contribution in [0.5, 0.6) is 0 Å². The molecule has 1 aromatic heterocycles. The number of benzene rings is 1. The average Bonchev–Trinajstić information content (AvgIpc) is 2.67. The number of halogens is 1. The Morgan fingerprint density at radius 3 is 2.65 bits per heavy atom. The van der Waals surface area contributed by atoms with Crippen LogP contribution in [0.15, 0.2) is 23.0 Å². The number of fused-ring (bicyclic) bond motifs is 1. The SMILES string of the molecule is O=c1[nH]c2ccc(C(O)C(O)CCBr)cc2[nH]1. The van der Waals surface area contributed by atoms with E-state index in [0.717, 1.165) is 0 Å². The highest BCUT2D eigenvalue weighted by Crippen LogP contribution is 2.22. The van der Waals surface area contributed by atoms with Crippen LogP contribution in [-0.4, -0.2) is 31.6 Å². The smallest absolute Gasteiger partial charge is 0.323 e. The van der Waals surface area contributed by atoms with Crippen molar-refractivity contribution >= 4 is 27.0 Å². The lowest BCUT2D eigenvalue weighted by Crippen LogP contribution is -2.18. The molecule has 1 heterocycles. The van der Waals surface area contributed by atoms with E-state index >= 15 is 0 Å². The number of rotatable bonds is 4. The van der Waals surface area contributed by atoms with Crippen molar-refractivity contribution in [3.8, 4) is 0 Å². The molecule has 6 heteroatoms. The number of aliphatic hydroxyl groups is 2. The summed E-state index contributed by atoms with van der Waals surface area (Å²) in [6.45, 7) is 0. The zero-order valence-electron chi connectivity index (χ0n) is 8.98. The largest absolute Gasteiger partial charge is 0.390 e. The summed E-state index contributed by atoms with van der Waals surface area (Å²) >= 11 is 3.21. The fourth-order valence-electron chi connectivity index (χ4n) is 1.73. The van der Waals surface area contributed by atoms with Gasteiger partial charge in [0, 0.05) is 5.33 Å². The molecule has 5 nitrogen and oxygen atoms in total. The van der Waals surface area contributed by atoms with Gasteiger partial charge in [0.25, 0.3) is 0 Å². The van der Waals surface area contributed by atoms with Gasteiger partial charge < -0.3 is 20.2 Å². The predicted octanol–water partition coefficient (Wildman–Crippen LogP) is 1.04. The Labute approximate surface area is 106 Å². The summed E-state index contributed by atoms with van der Waals surface area (Å²) in [6.07, 6.45) is -1.31. The number of alkyl halides is 1. The van der Waals surface area contributed by atoms with Crippen molar-refractivity contribution in [2.45, 2.75) is 18.6 Å². The van der Waals surface area contributed by atoms with Gasteiger partial charge in [-0.15, -0.1) is 0 Å². The number of imidazole rings is 1. The zero-order chi connectivity index (χ0) is 12.4. The predicted molar refractivity (Wildman–Crippen MR) is 68.3 cm³/mol. The van der Waals surface area contributed by atoms with Gasteiger partial charge in [0.15, 0.2) is 0 Å². The number of aromatic amines is 2. The summed E-state index contributed by atoms with van der Waals surface area (Å²) in [5.74, 6) is 0. The number of hydrogen-bond acceptors (Lipinski definition) is 3. The van der Waals surface area contributed by atoms with Crippen molar-refractivity contribution in [1.29, 1.82) is 0 Å². The Hall–Kier alpha value is -1.11. The first-order chi connectivity index (χ1) is 8.11. The molecule has 92 valence electrons. The van der Waals surface area contributed by atoms with Crippen LogP contribution < -0.4 is 5.69 Å². The Bertz CT molecular complexity index is 563. The lowest BCUT2D eigenvalue weighted by Gasteiger charge is -2.17. The Balaban J connectivity index is 2.32. The molecule has 0 spiro atoms. The summed E-state index contributed by atoms with van der Waals surface area (Å²) < 4.78 is 0. The molecule has 0 radical (unpaired) electrons. The van der Waals surface area contributed by atoms with Gasteiger partial charge in [-0.25, -0.2) is 4.79 Å². The minimum Gasteiger partial charge on any atom is -0.390 e. The Morgan fingerprint density at radius 1 is 1.24 bits per heavy atom. The maximum absolute atomic E-state index is 11.1. The lowest BCUT2D eigenvalue weighted by atomic mass is 10.0. The van der Waals surface area contributed by atoms with Crippen molar-refractivity contribution < 1.29 is 10.2 Å². The molecule has 0 amide bonds. The van der Waals surface area contributed by atoms with Gasteiger partial charge >= 0.3 is 5.69 Å². The van der Waals surface area contributed by atoms with Gasteiger partial charge in [0.2, 0.25) is 0 Å². The fraction of sp³-hybridized carbons (Fsp3) is 0.364. The summed E-state index contributed by atoms with van der Waals surface area (Å²) in [4.78, 5) is 16.3. The molecule has 0 bridgehead atoms. The molecular formula is C11H13BrN2O3. The van der Waals surface area contributed by atoms with E-state index in [4.69, 9.17) is 0 Å². The fourth-order valence-corrected chi connectivity index (χ4v) is 2.20. The first kappa shape index (κ1) is 12.3. The molecule has 17 heavy (non-hydrogen) atoms. The average molecular weight is 301 g/mol. The van der Waals surface area contributed by atoms with Crippen LogP contribution in [0.4, 0.5) is 0 Å². The first-order valence-electron chi connectivity index (χ1n) is 5.26. The molecule has 2 rings (SSSR count). The van der Waals surface area contributed by atoms with Gasteiger partial charge in [-0.05, 0) is 24.1 Å². The van der Waals surface area contributed by atoms with E-state index in [1.165, 1.54) is 0 Å². The van der Waals surface area contributed by atoms with E-state index in [0.29, 0.717) is 28.3 Å². The van der Waals surface area contributed by atoms with Crippen molar-refractivity contribution in [3.05, 3.63) is 34.2 Å². The van der Waals surface area contributed by atoms with E-state index < -0.39 is 12.2 Å². The molecule has 0 saturated heterocycles. The minimum absolute atomic E-state index is 0.285. The zero-order valence-corrected chi connectivity index (χ0v) is 10.6. The number of aliphatic hydroxyl groups excluding tert-OH is 2. The Morgan fingerprint density at radius 2 is 1.94 bits per heavy atom. The quantitative estimate of drug-likeness (QED) is 0.636. The molecule has 0 saturated carbocycles. The van der Waals surface area contributed by atoms with Crippen LogP contribution in [-0.2, 0) is 0 Å². The molecule has 0 aliphatic carbocycles. The van der Waals surface area contributed by atoms with Crippen LogP contribution in [0.2, 0.25) is 0 Å². The van der Waals surface area contributed by atoms with Gasteiger partial charge in [0.05, 0.1) is 17.1 Å². The van der Waals surface area contributed by atoms with Crippen LogP contribution in [0.1, 0.15) is 18.1 Å². The van der Waals surface area contributed by atoms with Crippen LogP contribution in [0.25, 0.3) is 11.0 Å². The van der Waals surface area contributed by atoms with Crippen LogP contribution in [0, 0.1) is 0 Å². The normalized spacial score (nSPS) is 15.0. The molecule has 2 atom stereocenters. The van der Waals surface area contributed by atoms with E-state index in [2.05, 4.69) is 25.9 Å². The highest BCUT2D eigenvalue weighted by atomic mass is 79.9. The van der Waals surface area contributed by atoms with Crippen molar-refractivity contribution in [1.82, 2.24) is 9.97 Å². The second-order valence-electron chi connectivity index (χ2n) is 3.87. The maximum atomic E-state index is 11.1. The van der Waals surface area contributed by atoms with Gasteiger partial charge in [-0.2, -0.15) is 0 Å². The van der Waals surface area contributed by atoms with Crippen molar-refractivity contribution in [2.24, 2.45) is 0 Å². The summed E-state index contributed by atoms with van der Waals surface area (Å²) in [6, 6.07) is 5.05. The molecule has 2 unspecified atom stereocenters. The molecule has 0 aliphatic rings. The molecule has 0 fully saturated rings. The number of hydrogen-bond donors (Lipinski definition) is 4.